The van der Waals surface area contributed by atoms with Gasteiger partial charge in [0.1, 0.15) is 12.4 Å². The van der Waals surface area contributed by atoms with E-state index in [4.69, 9.17) is 4.74 Å². The number of anilines is 1. The van der Waals surface area contributed by atoms with Crippen molar-refractivity contribution in [2.45, 2.75) is 6.61 Å². The Hall–Kier alpha value is -2.85. The number of carbonyl (C=O) groups excluding carboxylic acids is 1. The number of halogens is 1. The van der Waals surface area contributed by atoms with Gasteiger partial charge in [-0.15, -0.1) is 0 Å². The molecular formula is C22H16BrNO2. The van der Waals surface area contributed by atoms with Crippen molar-refractivity contribution >= 4 is 39.2 Å². The molecule has 4 heteroatoms. The van der Waals surface area contributed by atoms with Crippen LogP contribution in [0.5, 0.6) is 5.75 Å². The minimum Gasteiger partial charge on any atom is -0.489 e. The molecule has 0 bridgehead atoms. The second-order valence-electron chi connectivity index (χ2n) is 6.04. The van der Waals surface area contributed by atoms with E-state index in [2.05, 4.69) is 21.2 Å². The molecule has 1 aliphatic heterocycles. The summed E-state index contributed by atoms with van der Waals surface area (Å²) in [5.74, 6) is 0.730. The first-order valence-electron chi connectivity index (χ1n) is 8.29. The van der Waals surface area contributed by atoms with Gasteiger partial charge in [0.25, 0.3) is 5.91 Å². The van der Waals surface area contributed by atoms with Gasteiger partial charge in [0.05, 0.1) is 0 Å². The highest BCUT2D eigenvalue weighted by Gasteiger charge is 2.23. The zero-order valence-corrected chi connectivity index (χ0v) is 15.5. The molecule has 1 amide bonds. The molecule has 1 N–H and O–H groups in total. The van der Waals surface area contributed by atoms with Crippen molar-refractivity contribution in [2.24, 2.45) is 0 Å². The van der Waals surface area contributed by atoms with Crippen LogP contribution >= 0.6 is 15.9 Å². The fraction of sp³-hybridized carbons (Fsp3) is 0.0455. The molecule has 0 saturated carbocycles. The minimum absolute atomic E-state index is 0.0678. The summed E-state index contributed by atoms with van der Waals surface area (Å²) >= 11 is 3.42. The Morgan fingerprint density at radius 2 is 1.65 bits per heavy atom. The van der Waals surface area contributed by atoms with Crippen LogP contribution in [0.2, 0.25) is 0 Å². The Kier molecular flexibility index (Phi) is 4.59. The lowest BCUT2D eigenvalue weighted by molar-refractivity contribution is -0.110. The van der Waals surface area contributed by atoms with E-state index in [1.54, 1.807) is 0 Å². The van der Waals surface area contributed by atoms with Crippen LogP contribution in [0, 0.1) is 0 Å². The minimum atomic E-state index is -0.0678. The summed E-state index contributed by atoms with van der Waals surface area (Å²) in [5, 5.41) is 2.89. The summed E-state index contributed by atoms with van der Waals surface area (Å²) in [5.41, 5.74) is 4.55. The number of hydrogen-bond acceptors (Lipinski definition) is 2. The molecule has 3 aromatic rings. The summed E-state index contributed by atoms with van der Waals surface area (Å²) in [6, 6.07) is 23.5. The summed E-state index contributed by atoms with van der Waals surface area (Å²) in [7, 11) is 0. The van der Waals surface area contributed by atoms with Crippen LogP contribution < -0.4 is 10.1 Å². The van der Waals surface area contributed by atoms with Crippen molar-refractivity contribution in [1.29, 1.82) is 0 Å². The summed E-state index contributed by atoms with van der Waals surface area (Å²) < 4.78 is 6.87. The summed E-state index contributed by atoms with van der Waals surface area (Å²) in [4.78, 5) is 12.2. The number of benzene rings is 3. The topological polar surface area (TPSA) is 38.3 Å². The van der Waals surface area contributed by atoms with Gasteiger partial charge in [0, 0.05) is 21.3 Å². The number of hydrogen-bond donors (Lipinski definition) is 1. The monoisotopic (exact) mass is 405 g/mol. The first-order chi connectivity index (χ1) is 12.7. The van der Waals surface area contributed by atoms with Crippen molar-refractivity contribution in [2.75, 3.05) is 5.32 Å². The van der Waals surface area contributed by atoms with E-state index < -0.39 is 0 Å². The Morgan fingerprint density at radius 1 is 0.923 bits per heavy atom. The van der Waals surface area contributed by atoms with Crippen LogP contribution in [-0.2, 0) is 11.4 Å². The lowest BCUT2D eigenvalue weighted by atomic mass is 10.0. The standard InChI is InChI=1S/C22H16BrNO2/c23-17-9-5-16(6-10-17)14-26-18-11-7-15(8-12-18)13-20-19-3-1-2-4-21(19)24-22(20)25/h1-13H,14H2,(H,24,25)/b20-13+. The molecule has 0 unspecified atom stereocenters. The van der Waals surface area contributed by atoms with Crippen LogP contribution in [0.3, 0.4) is 0 Å². The van der Waals surface area contributed by atoms with Crippen LogP contribution in [0.25, 0.3) is 11.6 Å². The first kappa shape index (κ1) is 16.6. The van der Waals surface area contributed by atoms with Gasteiger partial charge in [-0.1, -0.05) is 58.4 Å². The third kappa shape index (κ3) is 3.55. The maximum atomic E-state index is 12.2. The molecule has 0 fully saturated rings. The van der Waals surface area contributed by atoms with Gasteiger partial charge >= 0.3 is 0 Å². The van der Waals surface area contributed by atoms with E-state index in [1.165, 1.54) is 0 Å². The first-order valence-corrected chi connectivity index (χ1v) is 9.08. The normalized spacial score (nSPS) is 14.2. The third-order valence-corrected chi connectivity index (χ3v) is 4.75. The Labute approximate surface area is 160 Å². The number of fused-ring (bicyclic) bond motifs is 1. The molecule has 4 rings (SSSR count). The molecule has 0 aromatic heterocycles. The van der Waals surface area contributed by atoms with Gasteiger partial charge in [-0.2, -0.15) is 0 Å². The Bertz CT molecular complexity index is 976. The lowest BCUT2D eigenvalue weighted by Gasteiger charge is -2.07. The van der Waals surface area contributed by atoms with E-state index >= 15 is 0 Å². The van der Waals surface area contributed by atoms with Crippen molar-refractivity contribution in [1.82, 2.24) is 0 Å². The predicted molar refractivity (Wildman–Crippen MR) is 108 cm³/mol. The Morgan fingerprint density at radius 3 is 2.42 bits per heavy atom. The van der Waals surface area contributed by atoms with E-state index in [0.717, 1.165) is 32.6 Å². The fourth-order valence-corrected chi connectivity index (χ4v) is 3.12. The maximum absolute atomic E-state index is 12.2. The van der Waals surface area contributed by atoms with Crippen LogP contribution in [0.4, 0.5) is 5.69 Å². The van der Waals surface area contributed by atoms with Gasteiger partial charge in [-0.3, -0.25) is 4.79 Å². The molecular weight excluding hydrogens is 390 g/mol. The summed E-state index contributed by atoms with van der Waals surface area (Å²) in [6.45, 7) is 0.517. The quantitative estimate of drug-likeness (QED) is 0.580. The third-order valence-electron chi connectivity index (χ3n) is 4.22. The number of nitrogens with one attached hydrogen (secondary N) is 1. The zero-order chi connectivity index (χ0) is 17.9. The number of ether oxygens (including phenoxy) is 1. The maximum Gasteiger partial charge on any atom is 0.256 e. The molecule has 0 spiro atoms. The lowest BCUT2D eigenvalue weighted by Crippen LogP contribution is -2.03. The largest absolute Gasteiger partial charge is 0.489 e. The van der Waals surface area contributed by atoms with Gasteiger partial charge < -0.3 is 10.1 Å². The highest BCUT2D eigenvalue weighted by Crippen LogP contribution is 2.32. The second kappa shape index (κ2) is 7.18. The molecule has 3 aromatic carbocycles. The molecule has 26 heavy (non-hydrogen) atoms. The number of para-hydroxylation sites is 1. The van der Waals surface area contributed by atoms with E-state index in [1.807, 2.05) is 78.9 Å². The molecule has 0 saturated heterocycles. The number of carbonyl (C=O) groups is 1. The van der Waals surface area contributed by atoms with Crippen molar-refractivity contribution in [3.8, 4) is 5.75 Å². The average Bonchev–Trinajstić information content (AvgIpc) is 2.98. The smallest absolute Gasteiger partial charge is 0.256 e. The van der Waals surface area contributed by atoms with E-state index in [0.29, 0.717) is 12.2 Å². The van der Waals surface area contributed by atoms with E-state index in [-0.39, 0.29) is 5.91 Å². The summed E-state index contributed by atoms with van der Waals surface area (Å²) in [6.07, 6.45) is 1.90. The number of amides is 1. The van der Waals surface area contributed by atoms with Crippen LogP contribution in [0.15, 0.2) is 77.3 Å². The average molecular weight is 406 g/mol. The van der Waals surface area contributed by atoms with Crippen LogP contribution in [-0.4, -0.2) is 5.91 Å². The van der Waals surface area contributed by atoms with Crippen LogP contribution in [0.1, 0.15) is 16.7 Å². The molecule has 0 radical (unpaired) electrons. The highest BCUT2D eigenvalue weighted by atomic mass is 79.9. The Balaban J connectivity index is 1.48. The van der Waals surface area contributed by atoms with Crippen molar-refractivity contribution in [3.05, 3.63) is 94.0 Å². The van der Waals surface area contributed by atoms with Crippen molar-refractivity contribution < 1.29 is 9.53 Å². The second-order valence-corrected chi connectivity index (χ2v) is 6.96. The van der Waals surface area contributed by atoms with Gasteiger partial charge in [0.15, 0.2) is 0 Å². The molecule has 1 aliphatic rings. The molecule has 128 valence electrons. The number of rotatable bonds is 4. The zero-order valence-electron chi connectivity index (χ0n) is 13.9. The van der Waals surface area contributed by atoms with Gasteiger partial charge in [0.2, 0.25) is 0 Å². The molecule has 0 aliphatic carbocycles. The highest BCUT2D eigenvalue weighted by molar-refractivity contribution is 9.10. The molecule has 1 heterocycles. The van der Waals surface area contributed by atoms with Gasteiger partial charge in [-0.25, -0.2) is 0 Å². The SMILES string of the molecule is O=C1Nc2ccccc2/C1=C\c1ccc(OCc2ccc(Br)cc2)cc1. The van der Waals surface area contributed by atoms with E-state index in [9.17, 15) is 4.79 Å². The fourth-order valence-electron chi connectivity index (χ4n) is 2.86. The van der Waals surface area contributed by atoms with Gasteiger partial charge in [-0.05, 0) is 47.5 Å². The molecule has 3 nitrogen and oxygen atoms in total. The molecule has 0 atom stereocenters. The predicted octanol–water partition coefficient (Wildman–Crippen LogP) is 5.52. The van der Waals surface area contributed by atoms with Crippen molar-refractivity contribution in [3.63, 3.8) is 0 Å².